The second-order valence-electron chi connectivity index (χ2n) is 1.77. The van der Waals surface area contributed by atoms with Gasteiger partial charge in [0, 0.05) is 0 Å². The zero-order valence-corrected chi connectivity index (χ0v) is 4.89. The second-order valence-corrected chi connectivity index (χ2v) is 1.77. The van der Waals surface area contributed by atoms with Crippen molar-refractivity contribution in [3.63, 3.8) is 0 Å². The zero-order valence-electron chi connectivity index (χ0n) is 4.89. The Kier molecular flexibility index (Phi) is 0.858. The van der Waals surface area contributed by atoms with E-state index in [1.807, 2.05) is 0 Å². The highest BCUT2D eigenvalue weighted by molar-refractivity contribution is 5.42. The standard InChI is InChI=1S/C5H3N3O2/c9-8-3-10-1-4-5(8)7-2-6-4/h1-3H. The van der Waals surface area contributed by atoms with Crippen LogP contribution in [0.3, 0.4) is 0 Å². The molecule has 5 nitrogen and oxygen atoms in total. The summed E-state index contributed by atoms with van der Waals surface area (Å²) in [4.78, 5) is 7.45. The van der Waals surface area contributed by atoms with Crippen LogP contribution in [0.5, 0.6) is 0 Å². The predicted octanol–water partition coefficient (Wildman–Crippen LogP) is -0.192. The van der Waals surface area contributed by atoms with Crippen molar-refractivity contribution < 1.29 is 9.15 Å². The molecule has 10 heavy (non-hydrogen) atoms. The Balaban J connectivity index is 2.80. The highest BCUT2D eigenvalue weighted by Crippen LogP contribution is 2.08. The van der Waals surface area contributed by atoms with Crippen molar-refractivity contribution >= 4 is 0 Å². The number of imidazole rings is 1. The maximum absolute atomic E-state index is 10.8. The third kappa shape index (κ3) is 0.540. The average molecular weight is 137 g/mol. The summed E-state index contributed by atoms with van der Waals surface area (Å²) in [6.07, 6.45) is 3.71. The molecule has 0 aromatic carbocycles. The summed E-state index contributed by atoms with van der Waals surface area (Å²) in [5.74, 6) is 0.284. The van der Waals surface area contributed by atoms with Gasteiger partial charge in [-0.15, -0.1) is 0 Å². The minimum absolute atomic E-state index is 0.284. The summed E-state index contributed by atoms with van der Waals surface area (Å²) in [6, 6.07) is 0. The van der Waals surface area contributed by atoms with Crippen LogP contribution in [0.2, 0.25) is 0 Å². The second kappa shape index (κ2) is 1.66. The monoisotopic (exact) mass is 137 g/mol. The van der Waals surface area contributed by atoms with Gasteiger partial charge in [0.2, 0.25) is 6.33 Å². The van der Waals surface area contributed by atoms with Crippen molar-refractivity contribution in [3.05, 3.63) is 24.2 Å². The lowest BCUT2D eigenvalue weighted by atomic mass is 10.5. The predicted molar refractivity (Wildman–Crippen MR) is 29.9 cm³/mol. The molecule has 5 heteroatoms. The molecule has 50 valence electrons. The van der Waals surface area contributed by atoms with Crippen LogP contribution in [0, 0.1) is 5.21 Å². The lowest BCUT2D eigenvalue weighted by Gasteiger charge is -1.99. The van der Waals surface area contributed by atoms with Crippen molar-refractivity contribution in [3.8, 4) is 11.5 Å². The minimum Gasteiger partial charge on any atom is -0.708 e. The number of hydrogen-bond donors (Lipinski definition) is 0. The molecule has 2 aliphatic rings. The minimum atomic E-state index is 0.284. The molecule has 0 saturated carbocycles. The summed E-state index contributed by atoms with van der Waals surface area (Å²) in [6.45, 7) is 0. The molecule has 0 aromatic rings. The molecule has 0 fully saturated rings. The fraction of sp³-hybridized carbons (Fsp3) is 0. The van der Waals surface area contributed by atoms with Crippen LogP contribution in [0.1, 0.15) is 0 Å². The lowest BCUT2D eigenvalue weighted by molar-refractivity contribution is -0.608. The molecule has 2 rings (SSSR count). The van der Waals surface area contributed by atoms with Crippen molar-refractivity contribution in [2.24, 2.45) is 0 Å². The Labute approximate surface area is 55.9 Å². The van der Waals surface area contributed by atoms with Gasteiger partial charge in [-0.05, 0) is 4.98 Å². The summed E-state index contributed by atoms with van der Waals surface area (Å²) in [5, 5.41) is 10.8. The summed E-state index contributed by atoms with van der Waals surface area (Å²) in [7, 11) is 0. The van der Waals surface area contributed by atoms with Gasteiger partial charge in [0.25, 0.3) is 6.39 Å². The molecule has 0 spiro atoms. The SMILES string of the molecule is [O-][n+]1cocc2ncnc1-2. The fourth-order valence-corrected chi connectivity index (χ4v) is 0.723. The largest absolute Gasteiger partial charge is 0.708 e. The van der Waals surface area contributed by atoms with E-state index in [9.17, 15) is 5.21 Å². The molecule has 2 heterocycles. The highest BCUT2D eigenvalue weighted by atomic mass is 16.5. The van der Waals surface area contributed by atoms with E-state index in [-0.39, 0.29) is 5.82 Å². The van der Waals surface area contributed by atoms with Gasteiger partial charge >= 0.3 is 5.82 Å². The average Bonchev–Trinajstić information content (AvgIpc) is 2.36. The Morgan fingerprint density at radius 1 is 1.50 bits per heavy atom. The lowest BCUT2D eigenvalue weighted by Crippen LogP contribution is -2.28. The van der Waals surface area contributed by atoms with Crippen LogP contribution >= 0.6 is 0 Å². The molecule has 2 aliphatic heterocycles. The maximum atomic E-state index is 10.8. The molecule has 0 atom stereocenters. The Morgan fingerprint density at radius 2 is 2.40 bits per heavy atom. The number of fused-ring (bicyclic) bond motifs is 1. The smallest absolute Gasteiger partial charge is 0.359 e. The molecule has 0 N–H and O–H groups in total. The summed E-state index contributed by atoms with van der Waals surface area (Å²) >= 11 is 0. The maximum Gasteiger partial charge on any atom is 0.359 e. The highest BCUT2D eigenvalue weighted by Gasteiger charge is 2.15. The molecule has 0 aromatic heterocycles. The molecule has 0 radical (unpaired) electrons. The molecule has 0 amide bonds. The first-order valence-electron chi connectivity index (χ1n) is 2.64. The normalized spacial score (nSPS) is 10.4. The number of nitrogens with zero attached hydrogens (tertiary/aromatic N) is 3. The van der Waals surface area contributed by atoms with Crippen LogP contribution in [0.4, 0.5) is 0 Å². The molecular weight excluding hydrogens is 134 g/mol. The van der Waals surface area contributed by atoms with Crippen LogP contribution in [0.15, 0.2) is 23.4 Å². The zero-order chi connectivity index (χ0) is 6.97. The van der Waals surface area contributed by atoms with E-state index in [2.05, 4.69) is 14.4 Å². The summed E-state index contributed by atoms with van der Waals surface area (Å²) in [5.41, 5.74) is 0.470. The van der Waals surface area contributed by atoms with E-state index in [0.29, 0.717) is 10.4 Å². The van der Waals surface area contributed by atoms with Crippen LogP contribution in [-0.4, -0.2) is 9.97 Å². The number of hydrogen-bond acceptors (Lipinski definition) is 4. The van der Waals surface area contributed by atoms with E-state index in [0.717, 1.165) is 6.39 Å². The molecule has 0 saturated heterocycles. The quantitative estimate of drug-likeness (QED) is 0.372. The molecule has 0 bridgehead atoms. The van der Waals surface area contributed by atoms with Crippen molar-refractivity contribution in [2.45, 2.75) is 0 Å². The van der Waals surface area contributed by atoms with Gasteiger partial charge in [-0.2, -0.15) is 0 Å². The van der Waals surface area contributed by atoms with Crippen LogP contribution in [-0.2, 0) is 0 Å². The fourth-order valence-electron chi connectivity index (χ4n) is 0.723. The molecule has 0 aliphatic carbocycles. The van der Waals surface area contributed by atoms with E-state index < -0.39 is 0 Å². The van der Waals surface area contributed by atoms with Crippen LogP contribution in [0.25, 0.3) is 11.5 Å². The van der Waals surface area contributed by atoms with Gasteiger partial charge in [0.15, 0.2) is 5.69 Å². The number of rotatable bonds is 0. The van der Waals surface area contributed by atoms with Gasteiger partial charge in [-0.3, -0.25) is 0 Å². The van der Waals surface area contributed by atoms with Crippen molar-refractivity contribution in [2.75, 3.05) is 0 Å². The third-order valence-corrected chi connectivity index (χ3v) is 1.15. The van der Waals surface area contributed by atoms with Gasteiger partial charge in [-0.1, -0.05) is 0 Å². The van der Waals surface area contributed by atoms with Crippen molar-refractivity contribution in [1.82, 2.24) is 9.97 Å². The first kappa shape index (κ1) is 5.16. The Bertz CT molecular complexity index is 319. The summed E-state index contributed by atoms with van der Waals surface area (Å²) < 4.78 is 5.16. The first-order chi connectivity index (χ1) is 4.88. The van der Waals surface area contributed by atoms with Crippen molar-refractivity contribution in [1.29, 1.82) is 0 Å². The van der Waals surface area contributed by atoms with Gasteiger partial charge in [-0.25, -0.2) is 9.71 Å². The first-order valence-corrected chi connectivity index (χ1v) is 2.64. The molecule has 0 unspecified atom stereocenters. The van der Waals surface area contributed by atoms with Gasteiger partial charge < -0.3 is 9.62 Å². The van der Waals surface area contributed by atoms with E-state index in [1.165, 1.54) is 12.6 Å². The van der Waals surface area contributed by atoms with Gasteiger partial charge in [0.05, 0.1) is 0 Å². The van der Waals surface area contributed by atoms with E-state index >= 15 is 0 Å². The topological polar surface area (TPSA) is 65.9 Å². The Morgan fingerprint density at radius 3 is 3.20 bits per heavy atom. The van der Waals surface area contributed by atoms with E-state index in [1.54, 1.807) is 0 Å². The Hall–Kier alpha value is -1.65. The number of aromatic nitrogens is 3. The van der Waals surface area contributed by atoms with Crippen LogP contribution < -0.4 is 4.73 Å². The molecular formula is C5H3N3O2. The van der Waals surface area contributed by atoms with E-state index in [4.69, 9.17) is 0 Å². The third-order valence-electron chi connectivity index (χ3n) is 1.15. The van der Waals surface area contributed by atoms with Gasteiger partial charge in [0.1, 0.15) is 6.26 Å².